The predicted octanol–water partition coefficient (Wildman–Crippen LogP) is 6.15. The normalized spacial score (nSPS) is 16.4. The summed E-state index contributed by atoms with van der Waals surface area (Å²) in [7, 11) is 0. The molecule has 0 fully saturated rings. The fraction of sp³-hybridized carbons (Fsp3) is 0.364. The van der Waals surface area contributed by atoms with Crippen LogP contribution in [-0.4, -0.2) is 16.9 Å². The average Bonchev–Trinajstić information content (AvgIpc) is 2.91. The molecule has 3 rings (SSSR count). The number of hydrogen-bond acceptors (Lipinski definition) is 2. The zero-order valence-electron chi connectivity index (χ0n) is 16.0. The van der Waals surface area contributed by atoms with Crippen molar-refractivity contribution < 1.29 is 14.7 Å². The van der Waals surface area contributed by atoms with Gasteiger partial charge in [-0.3, -0.25) is 9.59 Å². The van der Waals surface area contributed by atoms with Crippen molar-refractivity contribution in [3.63, 3.8) is 0 Å². The number of carbonyl (C=O) groups is 2. The first-order valence-corrected chi connectivity index (χ1v) is 10.5. The van der Waals surface area contributed by atoms with Crippen molar-refractivity contribution in [1.82, 2.24) is 0 Å². The molecular weight excluding hydrogens is 472 g/mol. The van der Waals surface area contributed by atoms with Crippen molar-refractivity contribution in [3.05, 3.63) is 67.1 Å². The minimum atomic E-state index is -0.751. The van der Waals surface area contributed by atoms with Crippen LogP contribution in [0.25, 0.3) is 0 Å². The Morgan fingerprint density at radius 3 is 2.41 bits per heavy atom. The van der Waals surface area contributed by atoms with Crippen LogP contribution in [-0.2, 0) is 17.6 Å². The first kappa shape index (κ1) is 21.8. The SMILES string of the molecule is Cc1ccc(Br)c(CC(C)C(=O)O)c1.Cc1ccc(Br)c2c1C(=O)C(C)C2. The van der Waals surface area contributed by atoms with Gasteiger partial charge in [-0.25, -0.2) is 0 Å². The van der Waals surface area contributed by atoms with Gasteiger partial charge in [0.2, 0.25) is 0 Å². The molecule has 1 N–H and O–H groups in total. The number of hydrogen-bond donors (Lipinski definition) is 1. The molecule has 0 saturated carbocycles. The number of ketones is 1. The summed E-state index contributed by atoms with van der Waals surface area (Å²) in [5.41, 5.74) is 5.45. The van der Waals surface area contributed by atoms with Crippen molar-refractivity contribution in [1.29, 1.82) is 0 Å². The molecule has 0 aromatic heterocycles. The minimum absolute atomic E-state index is 0.160. The molecule has 27 heavy (non-hydrogen) atoms. The van der Waals surface area contributed by atoms with Gasteiger partial charge in [-0.15, -0.1) is 0 Å². The summed E-state index contributed by atoms with van der Waals surface area (Å²) in [5.74, 6) is -0.632. The number of benzene rings is 2. The van der Waals surface area contributed by atoms with Gasteiger partial charge in [0.25, 0.3) is 0 Å². The molecule has 2 aromatic rings. The summed E-state index contributed by atoms with van der Waals surface area (Å²) in [6.45, 7) is 7.72. The topological polar surface area (TPSA) is 54.4 Å². The summed E-state index contributed by atoms with van der Waals surface area (Å²) < 4.78 is 2.06. The smallest absolute Gasteiger partial charge is 0.306 e. The van der Waals surface area contributed by atoms with Crippen LogP contribution in [0.2, 0.25) is 0 Å². The van der Waals surface area contributed by atoms with E-state index >= 15 is 0 Å². The number of carboxylic acids is 1. The Kier molecular flexibility index (Phi) is 7.40. The number of Topliss-reactive ketones (excluding diaryl/α,β-unsaturated/α-hetero) is 1. The first-order chi connectivity index (χ1) is 12.6. The highest BCUT2D eigenvalue weighted by Gasteiger charge is 2.29. The third-order valence-electron chi connectivity index (χ3n) is 4.82. The molecule has 0 radical (unpaired) electrons. The van der Waals surface area contributed by atoms with Crippen LogP contribution in [0.1, 0.15) is 46.5 Å². The van der Waals surface area contributed by atoms with Gasteiger partial charge in [-0.2, -0.15) is 0 Å². The van der Waals surface area contributed by atoms with Crippen LogP contribution in [0.4, 0.5) is 0 Å². The lowest BCUT2D eigenvalue weighted by atomic mass is 10.00. The van der Waals surface area contributed by atoms with Gasteiger partial charge in [-0.05, 0) is 55.5 Å². The molecule has 3 nitrogen and oxygen atoms in total. The van der Waals surface area contributed by atoms with Crippen LogP contribution in [0.5, 0.6) is 0 Å². The zero-order chi connectivity index (χ0) is 20.3. The molecule has 0 amide bonds. The quantitative estimate of drug-likeness (QED) is 0.555. The van der Waals surface area contributed by atoms with Crippen LogP contribution in [0.15, 0.2) is 39.3 Å². The average molecular weight is 496 g/mol. The van der Waals surface area contributed by atoms with Crippen molar-refractivity contribution in [2.45, 2.75) is 40.5 Å². The largest absolute Gasteiger partial charge is 0.481 e. The molecule has 2 atom stereocenters. The Morgan fingerprint density at radius 1 is 1.19 bits per heavy atom. The molecule has 5 heteroatoms. The molecule has 0 aliphatic heterocycles. The molecule has 144 valence electrons. The van der Waals surface area contributed by atoms with Gasteiger partial charge in [0.15, 0.2) is 5.78 Å². The number of halogens is 2. The highest BCUT2D eigenvalue weighted by atomic mass is 79.9. The maximum absolute atomic E-state index is 11.7. The van der Waals surface area contributed by atoms with Crippen LogP contribution in [0, 0.1) is 25.7 Å². The molecule has 0 heterocycles. The predicted molar refractivity (Wildman–Crippen MR) is 115 cm³/mol. The number of rotatable bonds is 3. The second kappa shape index (κ2) is 9.16. The van der Waals surface area contributed by atoms with Crippen molar-refractivity contribution in [2.24, 2.45) is 11.8 Å². The Balaban J connectivity index is 0.000000194. The molecule has 2 aromatic carbocycles. The lowest BCUT2D eigenvalue weighted by Crippen LogP contribution is -2.12. The standard InChI is InChI=1S/C11H13BrO2.C11H11BrO/c1-7-3-4-10(12)9(5-7)6-8(2)11(13)14;1-6-3-4-9(12)8-5-7(2)11(13)10(6)8/h3-5,8H,6H2,1-2H3,(H,13,14);3-4,7H,5H2,1-2H3. The molecule has 1 aliphatic carbocycles. The van der Waals surface area contributed by atoms with E-state index in [1.807, 2.05) is 51.1 Å². The molecular formula is C22H24Br2O3. The van der Waals surface area contributed by atoms with E-state index in [1.54, 1.807) is 6.92 Å². The second-order valence-electron chi connectivity index (χ2n) is 7.23. The van der Waals surface area contributed by atoms with E-state index in [2.05, 4.69) is 31.9 Å². The summed E-state index contributed by atoms with van der Waals surface area (Å²) in [5, 5.41) is 8.79. The maximum atomic E-state index is 11.7. The second-order valence-corrected chi connectivity index (χ2v) is 8.93. The third-order valence-corrected chi connectivity index (χ3v) is 6.33. The summed E-state index contributed by atoms with van der Waals surface area (Å²) in [6, 6.07) is 10.0. The lowest BCUT2D eigenvalue weighted by molar-refractivity contribution is -0.141. The third kappa shape index (κ3) is 5.29. The summed E-state index contributed by atoms with van der Waals surface area (Å²) in [6.07, 6.45) is 1.45. The molecule has 2 unspecified atom stereocenters. The van der Waals surface area contributed by atoms with Gasteiger partial charge in [0.05, 0.1) is 5.92 Å². The summed E-state index contributed by atoms with van der Waals surface area (Å²) >= 11 is 6.90. The van der Waals surface area contributed by atoms with E-state index in [0.717, 1.165) is 37.6 Å². The minimum Gasteiger partial charge on any atom is -0.481 e. The Labute approximate surface area is 177 Å². The highest BCUT2D eigenvalue weighted by Crippen LogP contribution is 2.34. The number of aryl methyl sites for hydroxylation is 2. The zero-order valence-corrected chi connectivity index (χ0v) is 19.1. The van der Waals surface area contributed by atoms with E-state index < -0.39 is 5.97 Å². The van der Waals surface area contributed by atoms with Gasteiger partial charge in [0, 0.05) is 20.4 Å². The number of carbonyl (C=O) groups excluding carboxylic acids is 1. The van der Waals surface area contributed by atoms with Crippen molar-refractivity contribution >= 4 is 43.6 Å². The van der Waals surface area contributed by atoms with Gasteiger partial charge < -0.3 is 5.11 Å². The number of carboxylic acid groups (broad SMARTS) is 1. The van der Waals surface area contributed by atoms with Gasteiger partial charge in [-0.1, -0.05) is 69.5 Å². The Bertz CT molecular complexity index is 874. The van der Waals surface area contributed by atoms with Crippen LogP contribution >= 0.6 is 31.9 Å². The molecule has 0 bridgehead atoms. The van der Waals surface area contributed by atoms with Crippen molar-refractivity contribution in [3.8, 4) is 0 Å². The maximum Gasteiger partial charge on any atom is 0.306 e. The highest BCUT2D eigenvalue weighted by molar-refractivity contribution is 9.10. The van der Waals surface area contributed by atoms with Gasteiger partial charge >= 0.3 is 5.97 Å². The van der Waals surface area contributed by atoms with Crippen LogP contribution in [0.3, 0.4) is 0 Å². The number of fused-ring (bicyclic) bond motifs is 1. The molecule has 1 aliphatic rings. The van der Waals surface area contributed by atoms with E-state index in [0.29, 0.717) is 12.2 Å². The fourth-order valence-corrected chi connectivity index (χ4v) is 4.11. The Morgan fingerprint density at radius 2 is 1.81 bits per heavy atom. The van der Waals surface area contributed by atoms with Gasteiger partial charge in [0.1, 0.15) is 0 Å². The number of aliphatic carboxylic acids is 1. The molecule has 0 spiro atoms. The fourth-order valence-electron chi connectivity index (χ4n) is 3.20. The Hall–Kier alpha value is -1.46. The summed E-state index contributed by atoms with van der Waals surface area (Å²) in [4.78, 5) is 22.4. The monoisotopic (exact) mass is 494 g/mol. The van der Waals surface area contributed by atoms with E-state index in [9.17, 15) is 9.59 Å². The first-order valence-electron chi connectivity index (χ1n) is 8.91. The van der Waals surface area contributed by atoms with E-state index in [1.165, 1.54) is 5.56 Å². The van der Waals surface area contributed by atoms with E-state index in [-0.39, 0.29) is 11.8 Å². The lowest BCUT2D eigenvalue weighted by Gasteiger charge is -2.08. The van der Waals surface area contributed by atoms with Crippen LogP contribution < -0.4 is 0 Å². The van der Waals surface area contributed by atoms with E-state index in [4.69, 9.17) is 5.11 Å². The molecule has 0 saturated heterocycles. The van der Waals surface area contributed by atoms with Crippen molar-refractivity contribution in [2.75, 3.05) is 0 Å².